The van der Waals surface area contributed by atoms with Gasteiger partial charge in [0.15, 0.2) is 10.3 Å². The quantitative estimate of drug-likeness (QED) is 0.828. The highest BCUT2D eigenvalue weighted by molar-refractivity contribution is 8.17. The van der Waals surface area contributed by atoms with Crippen LogP contribution in [0.5, 0.6) is 0 Å². The average Bonchev–Trinajstić information content (AvgIpc) is 3.25. The van der Waals surface area contributed by atoms with E-state index in [1.54, 1.807) is 0 Å². The molecular formula is C17H24N4S2. The normalized spacial score (nSPS) is 38.3. The first kappa shape index (κ1) is 14.7. The van der Waals surface area contributed by atoms with Crippen LogP contribution in [0.4, 0.5) is 0 Å². The monoisotopic (exact) mass is 348 g/mol. The molecule has 0 spiro atoms. The molecule has 0 bridgehead atoms. The molecule has 2 saturated carbocycles. The lowest BCUT2D eigenvalue weighted by atomic mass is 9.91. The molecule has 3 aliphatic heterocycles. The Morgan fingerprint density at radius 2 is 1.91 bits per heavy atom. The molecule has 23 heavy (non-hydrogen) atoms. The number of hydrogen-bond acceptors (Lipinski definition) is 6. The molecule has 4 nitrogen and oxygen atoms in total. The molecule has 0 unspecified atom stereocenters. The summed E-state index contributed by atoms with van der Waals surface area (Å²) in [6.45, 7) is 0. The Kier molecular flexibility index (Phi) is 3.85. The van der Waals surface area contributed by atoms with Gasteiger partial charge in [-0.3, -0.25) is 9.98 Å². The van der Waals surface area contributed by atoms with Crippen LogP contribution >= 0.6 is 23.5 Å². The summed E-state index contributed by atoms with van der Waals surface area (Å²) < 4.78 is 0. The van der Waals surface area contributed by atoms with E-state index in [4.69, 9.17) is 9.98 Å². The Bertz CT molecular complexity index is 585. The second-order valence-corrected chi connectivity index (χ2v) is 9.05. The van der Waals surface area contributed by atoms with Crippen LogP contribution in [-0.2, 0) is 0 Å². The molecular weight excluding hydrogens is 324 g/mol. The van der Waals surface area contributed by atoms with Crippen molar-refractivity contribution < 1.29 is 0 Å². The number of amidine groups is 2. The summed E-state index contributed by atoms with van der Waals surface area (Å²) in [4.78, 5) is 12.4. The Morgan fingerprint density at radius 3 is 2.83 bits per heavy atom. The minimum atomic E-state index is 0.546. The average molecular weight is 349 g/mol. The zero-order valence-corrected chi connectivity index (χ0v) is 15.0. The summed E-state index contributed by atoms with van der Waals surface area (Å²) in [5, 5.41) is 8.42. The van der Waals surface area contributed by atoms with Gasteiger partial charge in [0.1, 0.15) is 0 Å². The van der Waals surface area contributed by atoms with Gasteiger partial charge >= 0.3 is 0 Å². The van der Waals surface area contributed by atoms with Crippen LogP contribution in [0.15, 0.2) is 21.1 Å². The van der Waals surface area contributed by atoms with Gasteiger partial charge in [-0.1, -0.05) is 49.2 Å². The number of hydrogen-bond donors (Lipinski definition) is 1. The van der Waals surface area contributed by atoms with Gasteiger partial charge in [0.2, 0.25) is 0 Å². The van der Waals surface area contributed by atoms with Crippen molar-refractivity contribution in [3.63, 3.8) is 0 Å². The predicted octanol–water partition coefficient (Wildman–Crippen LogP) is 3.56. The third kappa shape index (κ3) is 2.62. The van der Waals surface area contributed by atoms with E-state index in [2.05, 4.69) is 15.6 Å². The number of nitrogens with zero attached hydrogens (tertiary/aromatic N) is 3. The topological polar surface area (TPSA) is 40.0 Å². The van der Waals surface area contributed by atoms with E-state index in [0.29, 0.717) is 24.2 Å². The van der Waals surface area contributed by atoms with Gasteiger partial charge in [0.25, 0.3) is 0 Å². The van der Waals surface area contributed by atoms with Crippen molar-refractivity contribution >= 4 is 33.9 Å². The lowest BCUT2D eigenvalue weighted by Gasteiger charge is -2.31. The third-order valence-electron chi connectivity index (χ3n) is 5.80. The van der Waals surface area contributed by atoms with E-state index in [0.717, 1.165) is 5.75 Å². The lowest BCUT2D eigenvalue weighted by Crippen LogP contribution is -2.39. The zero-order chi connectivity index (χ0) is 15.2. The van der Waals surface area contributed by atoms with E-state index in [1.807, 2.05) is 23.5 Å². The smallest absolute Gasteiger partial charge is 0.168 e. The van der Waals surface area contributed by atoms with Crippen molar-refractivity contribution in [3.05, 3.63) is 11.1 Å². The summed E-state index contributed by atoms with van der Waals surface area (Å²) in [6.07, 6.45) is 10.6. The van der Waals surface area contributed by atoms with Crippen molar-refractivity contribution in [2.75, 3.05) is 5.75 Å². The molecule has 1 N–H and O–H groups in total. The van der Waals surface area contributed by atoms with Crippen LogP contribution in [0.3, 0.4) is 0 Å². The van der Waals surface area contributed by atoms with Crippen LogP contribution in [0.25, 0.3) is 0 Å². The third-order valence-corrected chi connectivity index (χ3v) is 7.64. The van der Waals surface area contributed by atoms with Gasteiger partial charge in [-0.2, -0.15) is 0 Å². The number of fused-ring (bicyclic) bond motifs is 4. The predicted molar refractivity (Wildman–Crippen MR) is 100 cm³/mol. The second-order valence-electron chi connectivity index (χ2n) is 7.25. The summed E-state index contributed by atoms with van der Waals surface area (Å²) >= 11 is 3.73. The van der Waals surface area contributed by atoms with Crippen LogP contribution in [-0.4, -0.2) is 45.2 Å². The molecule has 3 heterocycles. The van der Waals surface area contributed by atoms with Crippen LogP contribution in [0.2, 0.25) is 0 Å². The van der Waals surface area contributed by atoms with E-state index in [9.17, 15) is 0 Å². The molecule has 124 valence electrons. The second kappa shape index (κ2) is 6.03. The Labute approximate surface area is 146 Å². The van der Waals surface area contributed by atoms with Gasteiger partial charge in [0, 0.05) is 11.4 Å². The molecule has 0 aromatic heterocycles. The molecule has 0 aromatic carbocycles. The fraction of sp³-hybridized carbons (Fsp3) is 0.765. The minimum Gasteiger partial charge on any atom is -0.360 e. The van der Waals surface area contributed by atoms with Crippen LogP contribution in [0.1, 0.15) is 51.4 Å². The first-order valence-corrected chi connectivity index (χ1v) is 10.9. The standard InChI is InChI=1S/C17H24N4S2/c1-2-6-13-12(5-1)18-16(19-13)22-9-11-10-23-17-20-14-7-3-4-8-15(14)21(11)17/h10,12-15H,1-9H2,(H,18,19)/t12-,13-,14+,15+/m0/s1. The zero-order valence-electron chi connectivity index (χ0n) is 13.4. The highest BCUT2D eigenvalue weighted by Crippen LogP contribution is 2.41. The highest BCUT2D eigenvalue weighted by atomic mass is 32.2. The Hall–Kier alpha value is -0.620. The maximum Gasteiger partial charge on any atom is 0.168 e. The van der Waals surface area contributed by atoms with Gasteiger partial charge < -0.3 is 10.2 Å². The molecule has 0 saturated heterocycles. The number of nitrogens with one attached hydrogen (secondary N) is 1. The van der Waals surface area contributed by atoms with Gasteiger partial charge in [-0.25, -0.2) is 0 Å². The molecule has 5 rings (SSSR count). The summed E-state index contributed by atoms with van der Waals surface area (Å²) in [5.41, 5.74) is 1.45. The molecule has 2 aliphatic carbocycles. The summed E-state index contributed by atoms with van der Waals surface area (Å²) in [7, 11) is 0. The maximum atomic E-state index is 4.96. The summed E-state index contributed by atoms with van der Waals surface area (Å²) in [6, 6.07) is 2.36. The van der Waals surface area contributed by atoms with Gasteiger partial charge in [0.05, 0.1) is 24.2 Å². The minimum absolute atomic E-state index is 0.546. The Morgan fingerprint density at radius 1 is 1.09 bits per heavy atom. The van der Waals surface area contributed by atoms with Crippen molar-refractivity contribution in [1.82, 2.24) is 10.2 Å². The SMILES string of the molecule is C1=C(CSC2=N[C@H]3CCCC[C@@H]3N2)N2C(=N[C@@H]3CCCC[C@H]32)S1. The van der Waals surface area contributed by atoms with Crippen molar-refractivity contribution in [2.45, 2.75) is 75.5 Å². The molecule has 0 radical (unpaired) electrons. The number of aliphatic imine (C=N–C) groups is 2. The van der Waals surface area contributed by atoms with Crippen LogP contribution in [0, 0.1) is 0 Å². The molecule has 0 aromatic rings. The van der Waals surface area contributed by atoms with E-state index < -0.39 is 0 Å². The van der Waals surface area contributed by atoms with Crippen molar-refractivity contribution in [2.24, 2.45) is 9.98 Å². The largest absolute Gasteiger partial charge is 0.360 e. The van der Waals surface area contributed by atoms with E-state index >= 15 is 0 Å². The first-order valence-electron chi connectivity index (χ1n) is 9.08. The molecule has 4 atom stereocenters. The highest BCUT2D eigenvalue weighted by Gasteiger charge is 2.41. The van der Waals surface area contributed by atoms with Gasteiger partial charge in [-0.05, 0) is 31.1 Å². The molecule has 6 heteroatoms. The first-order chi connectivity index (χ1) is 11.4. The number of rotatable bonds is 2. The van der Waals surface area contributed by atoms with Crippen LogP contribution < -0.4 is 5.32 Å². The van der Waals surface area contributed by atoms with Crippen molar-refractivity contribution in [1.29, 1.82) is 0 Å². The number of thioether (sulfide) groups is 2. The maximum absolute atomic E-state index is 4.96. The molecule has 2 fully saturated rings. The van der Waals surface area contributed by atoms with Crippen molar-refractivity contribution in [3.8, 4) is 0 Å². The van der Waals surface area contributed by atoms with E-state index in [-0.39, 0.29) is 0 Å². The fourth-order valence-electron chi connectivity index (χ4n) is 4.60. The molecule has 0 amide bonds. The van der Waals surface area contributed by atoms with E-state index in [1.165, 1.54) is 67.4 Å². The Balaban J connectivity index is 1.23. The fourth-order valence-corrected chi connectivity index (χ4v) is 6.65. The lowest BCUT2D eigenvalue weighted by molar-refractivity contribution is 0.285. The summed E-state index contributed by atoms with van der Waals surface area (Å²) in [5.74, 6) is 1.03. The van der Waals surface area contributed by atoms with Gasteiger partial charge in [-0.15, -0.1) is 0 Å². The molecule has 5 aliphatic rings.